The van der Waals surface area contributed by atoms with Gasteiger partial charge < -0.3 is 5.32 Å². The maximum Gasteiger partial charge on any atom is 0.158 e. The van der Waals surface area contributed by atoms with E-state index in [4.69, 9.17) is 0 Å². The van der Waals surface area contributed by atoms with Gasteiger partial charge in [-0.15, -0.1) is 0 Å². The summed E-state index contributed by atoms with van der Waals surface area (Å²) in [5.74, 6) is 0.145. The van der Waals surface area contributed by atoms with E-state index in [1.54, 1.807) is 0 Å². The molecule has 1 aliphatic rings. The first-order valence-corrected chi connectivity index (χ1v) is 8.48. The van der Waals surface area contributed by atoms with E-state index < -0.39 is 9.84 Å². The molecule has 106 valence electrons. The third-order valence-electron chi connectivity index (χ3n) is 4.37. The number of hydrogen-bond acceptors (Lipinski definition) is 3. The van der Waals surface area contributed by atoms with Gasteiger partial charge >= 0.3 is 0 Å². The van der Waals surface area contributed by atoms with E-state index in [9.17, 15) is 8.42 Å². The van der Waals surface area contributed by atoms with E-state index in [0.717, 1.165) is 11.1 Å². The van der Waals surface area contributed by atoms with Gasteiger partial charge in [0.2, 0.25) is 0 Å². The molecule has 0 aromatic heterocycles. The fourth-order valence-corrected chi connectivity index (χ4v) is 5.24. The molecule has 1 aliphatic carbocycles. The van der Waals surface area contributed by atoms with Crippen LogP contribution in [0.25, 0.3) is 0 Å². The smallest absolute Gasteiger partial charge is 0.158 e. The summed E-state index contributed by atoms with van der Waals surface area (Å²) in [4.78, 5) is 0. The fourth-order valence-electron chi connectivity index (χ4n) is 2.86. The van der Waals surface area contributed by atoms with Crippen LogP contribution in [-0.2, 0) is 16.3 Å². The number of fused-ring (bicyclic) bond motifs is 1. The molecule has 0 aliphatic heterocycles. The number of sulfone groups is 1. The van der Waals surface area contributed by atoms with Crippen molar-refractivity contribution in [2.45, 2.75) is 43.7 Å². The lowest BCUT2D eigenvalue weighted by Crippen LogP contribution is -2.39. The first kappa shape index (κ1) is 14.5. The van der Waals surface area contributed by atoms with Gasteiger partial charge in [0.05, 0.1) is 10.5 Å². The summed E-state index contributed by atoms with van der Waals surface area (Å²) >= 11 is 0. The SMILES string of the molecule is CNC1c2ccccc2CC1S(=O)(=O)C(C)C(C)C. The van der Waals surface area contributed by atoms with E-state index in [1.807, 2.05) is 52.1 Å². The quantitative estimate of drug-likeness (QED) is 0.921. The van der Waals surface area contributed by atoms with Crippen LogP contribution in [-0.4, -0.2) is 26.0 Å². The minimum Gasteiger partial charge on any atom is -0.312 e. The van der Waals surface area contributed by atoms with Crippen LogP contribution in [0.1, 0.15) is 37.9 Å². The Morgan fingerprint density at radius 1 is 1.21 bits per heavy atom. The lowest BCUT2D eigenvalue weighted by atomic mass is 10.1. The highest BCUT2D eigenvalue weighted by Gasteiger charge is 2.42. The van der Waals surface area contributed by atoms with Gasteiger partial charge in [0.25, 0.3) is 0 Å². The summed E-state index contributed by atoms with van der Waals surface area (Å²) in [6.45, 7) is 5.77. The maximum absolute atomic E-state index is 12.8. The Morgan fingerprint density at radius 3 is 2.42 bits per heavy atom. The standard InChI is InChI=1S/C15H23NO2S/c1-10(2)11(3)19(17,18)14-9-12-7-5-6-8-13(12)15(14)16-4/h5-8,10-11,14-16H,9H2,1-4H3. The van der Waals surface area contributed by atoms with E-state index >= 15 is 0 Å². The van der Waals surface area contributed by atoms with Crippen molar-refractivity contribution in [2.24, 2.45) is 5.92 Å². The predicted octanol–water partition coefficient (Wildman–Crippen LogP) is 2.33. The third-order valence-corrected chi connectivity index (χ3v) is 7.24. The van der Waals surface area contributed by atoms with Crippen molar-refractivity contribution in [1.29, 1.82) is 0 Å². The van der Waals surface area contributed by atoms with Crippen molar-refractivity contribution in [2.75, 3.05) is 7.05 Å². The largest absolute Gasteiger partial charge is 0.312 e. The molecule has 1 aromatic rings. The van der Waals surface area contributed by atoms with E-state index in [0.29, 0.717) is 6.42 Å². The average molecular weight is 281 g/mol. The Labute approximate surface area is 116 Å². The van der Waals surface area contributed by atoms with Crippen LogP contribution < -0.4 is 5.32 Å². The van der Waals surface area contributed by atoms with Gasteiger partial charge in [-0.2, -0.15) is 0 Å². The minimum atomic E-state index is -3.13. The van der Waals surface area contributed by atoms with E-state index in [2.05, 4.69) is 5.32 Å². The topological polar surface area (TPSA) is 46.2 Å². The molecule has 0 saturated carbocycles. The van der Waals surface area contributed by atoms with Crippen LogP contribution in [0, 0.1) is 5.92 Å². The minimum absolute atomic E-state index is 0.0811. The molecule has 4 heteroatoms. The third kappa shape index (κ3) is 2.43. The van der Waals surface area contributed by atoms with Crippen LogP contribution in [0.4, 0.5) is 0 Å². The van der Waals surface area contributed by atoms with Gasteiger partial charge in [-0.05, 0) is 37.4 Å². The molecule has 3 nitrogen and oxygen atoms in total. The van der Waals surface area contributed by atoms with Gasteiger partial charge in [-0.1, -0.05) is 38.1 Å². The number of rotatable bonds is 4. The van der Waals surface area contributed by atoms with Gasteiger partial charge in [0.15, 0.2) is 9.84 Å². The van der Waals surface area contributed by atoms with Crippen LogP contribution >= 0.6 is 0 Å². The highest BCUT2D eigenvalue weighted by atomic mass is 32.2. The normalized spacial score (nSPS) is 24.5. The molecule has 0 amide bonds. The summed E-state index contributed by atoms with van der Waals surface area (Å²) in [5.41, 5.74) is 2.29. The second-order valence-corrected chi connectivity index (χ2v) is 8.27. The molecule has 0 fully saturated rings. The Bertz CT molecular complexity index is 551. The second kappa shape index (κ2) is 5.25. The summed E-state index contributed by atoms with van der Waals surface area (Å²) in [6.07, 6.45) is 0.626. The summed E-state index contributed by atoms with van der Waals surface area (Å²) in [6, 6.07) is 7.94. The zero-order chi connectivity index (χ0) is 14.2. The molecule has 0 saturated heterocycles. The lowest BCUT2D eigenvalue weighted by molar-refractivity contribution is 0.505. The van der Waals surface area contributed by atoms with Crippen molar-refractivity contribution < 1.29 is 8.42 Å². The molecular formula is C15H23NO2S. The average Bonchev–Trinajstić information content (AvgIpc) is 2.76. The first-order chi connectivity index (χ1) is 8.89. The summed E-state index contributed by atoms with van der Waals surface area (Å²) in [7, 11) is -1.29. The highest BCUT2D eigenvalue weighted by molar-refractivity contribution is 7.92. The Balaban J connectivity index is 2.39. The van der Waals surface area contributed by atoms with Crippen LogP contribution in [0.15, 0.2) is 24.3 Å². The zero-order valence-electron chi connectivity index (χ0n) is 12.1. The fraction of sp³-hybridized carbons (Fsp3) is 0.600. The van der Waals surface area contributed by atoms with Crippen molar-refractivity contribution in [3.8, 4) is 0 Å². The van der Waals surface area contributed by atoms with Gasteiger partial charge in [0.1, 0.15) is 0 Å². The van der Waals surface area contributed by atoms with Crippen LogP contribution in [0.5, 0.6) is 0 Å². The second-order valence-electron chi connectivity index (χ2n) is 5.75. The van der Waals surface area contributed by atoms with E-state index in [-0.39, 0.29) is 22.5 Å². The molecule has 1 aromatic carbocycles. The number of nitrogens with one attached hydrogen (secondary N) is 1. The zero-order valence-corrected chi connectivity index (χ0v) is 12.9. The molecule has 0 heterocycles. The molecule has 0 radical (unpaired) electrons. The molecule has 1 N–H and O–H groups in total. The summed E-state index contributed by atoms with van der Waals surface area (Å²) < 4.78 is 25.5. The monoisotopic (exact) mass is 281 g/mol. The molecule has 0 bridgehead atoms. The Morgan fingerprint density at radius 2 is 1.84 bits per heavy atom. The maximum atomic E-state index is 12.8. The van der Waals surface area contributed by atoms with Gasteiger partial charge in [-0.25, -0.2) is 8.42 Å². The van der Waals surface area contributed by atoms with Crippen LogP contribution in [0.3, 0.4) is 0 Å². The van der Waals surface area contributed by atoms with Crippen molar-refractivity contribution in [1.82, 2.24) is 5.32 Å². The molecule has 19 heavy (non-hydrogen) atoms. The molecule has 3 atom stereocenters. The molecule has 0 spiro atoms. The Hall–Kier alpha value is -0.870. The van der Waals surface area contributed by atoms with Gasteiger partial charge in [0, 0.05) is 6.04 Å². The highest BCUT2D eigenvalue weighted by Crippen LogP contribution is 2.37. The molecule has 2 rings (SSSR count). The lowest BCUT2D eigenvalue weighted by Gasteiger charge is -2.25. The van der Waals surface area contributed by atoms with Crippen molar-refractivity contribution in [3.63, 3.8) is 0 Å². The summed E-state index contributed by atoms with van der Waals surface area (Å²) in [5, 5.41) is 2.55. The van der Waals surface area contributed by atoms with Crippen LogP contribution in [0.2, 0.25) is 0 Å². The predicted molar refractivity (Wildman–Crippen MR) is 79.0 cm³/mol. The van der Waals surface area contributed by atoms with Crippen molar-refractivity contribution in [3.05, 3.63) is 35.4 Å². The van der Waals surface area contributed by atoms with Crippen molar-refractivity contribution >= 4 is 9.84 Å². The first-order valence-electron chi connectivity index (χ1n) is 6.87. The van der Waals surface area contributed by atoms with E-state index in [1.165, 1.54) is 0 Å². The number of benzene rings is 1. The molecular weight excluding hydrogens is 258 g/mol. The number of hydrogen-bond donors (Lipinski definition) is 1. The molecule has 3 unspecified atom stereocenters. The Kier molecular flexibility index (Phi) is 4.02. The van der Waals surface area contributed by atoms with Gasteiger partial charge in [-0.3, -0.25) is 0 Å².